The van der Waals surface area contributed by atoms with Crippen molar-refractivity contribution in [2.45, 2.75) is 39.3 Å². The van der Waals surface area contributed by atoms with Gasteiger partial charge in [0.25, 0.3) is 5.91 Å². The van der Waals surface area contributed by atoms with Crippen molar-refractivity contribution in [2.24, 2.45) is 5.92 Å². The van der Waals surface area contributed by atoms with Crippen molar-refractivity contribution in [3.63, 3.8) is 0 Å². The van der Waals surface area contributed by atoms with Crippen LogP contribution in [0.4, 0.5) is 0 Å². The third kappa shape index (κ3) is 5.06. The van der Waals surface area contributed by atoms with Crippen LogP contribution in [0.3, 0.4) is 0 Å². The van der Waals surface area contributed by atoms with Crippen molar-refractivity contribution in [1.82, 2.24) is 10.2 Å². The highest BCUT2D eigenvalue weighted by Crippen LogP contribution is 2.18. The van der Waals surface area contributed by atoms with E-state index in [9.17, 15) is 9.59 Å². The Bertz CT molecular complexity index is 510. The van der Waals surface area contributed by atoms with E-state index in [1.807, 2.05) is 37.3 Å². The fourth-order valence-corrected chi connectivity index (χ4v) is 2.87. The second-order valence-corrected chi connectivity index (χ2v) is 5.90. The molecule has 0 aromatic heterocycles. The lowest BCUT2D eigenvalue weighted by Gasteiger charge is -2.32. The average molecular weight is 318 g/mol. The van der Waals surface area contributed by atoms with Crippen LogP contribution in [0.1, 0.15) is 32.3 Å². The van der Waals surface area contributed by atoms with Crippen LogP contribution in [0.2, 0.25) is 0 Å². The Morgan fingerprint density at radius 3 is 2.52 bits per heavy atom. The number of amides is 2. The summed E-state index contributed by atoms with van der Waals surface area (Å²) in [6, 6.07) is 9.88. The zero-order valence-electron chi connectivity index (χ0n) is 14.0. The third-order valence-electron chi connectivity index (χ3n) is 4.25. The number of piperidine rings is 1. The summed E-state index contributed by atoms with van der Waals surface area (Å²) in [7, 11) is 0. The lowest BCUT2D eigenvalue weighted by molar-refractivity contribution is -0.145. The minimum Gasteiger partial charge on any atom is -0.369 e. The molecule has 0 saturated carbocycles. The summed E-state index contributed by atoms with van der Waals surface area (Å²) < 4.78 is 5.35. The zero-order chi connectivity index (χ0) is 16.7. The van der Waals surface area contributed by atoms with Gasteiger partial charge in [-0.3, -0.25) is 9.59 Å². The van der Waals surface area contributed by atoms with Gasteiger partial charge in [-0.2, -0.15) is 0 Å². The molecule has 0 spiro atoms. The molecule has 0 bridgehead atoms. The average Bonchev–Trinajstić information content (AvgIpc) is 2.60. The molecular formula is C18H26N2O3. The van der Waals surface area contributed by atoms with Crippen LogP contribution >= 0.6 is 0 Å². The Hall–Kier alpha value is -1.88. The van der Waals surface area contributed by atoms with Crippen molar-refractivity contribution in [1.29, 1.82) is 0 Å². The lowest BCUT2D eigenvalue weighted by atomic mass is 9.95. The van der Waals surface area contributed by atoms with E-state index in [0.717, 1.165) is 5.56 Å². The molecule has 1 fully saturated rings. The lowest BCUT2D eigenvalue weighted by Crippen LogP contribution is -2.46. The third-order valence-corrected chi connectivity index (χ3v) is 4.25. The normalized spacial score (nSPS) is 16.9. The highest BCUT2D eigenvalue weighted by molar-refractivity contribution is 5.82. The number of nitrogens with zero attached hydrogens (tertiary/aromatic N) is 1. The van der Waals surface area contributed by atoms with Crippen LogP contribution in [-0.4, -0.2) is 42.5 Å². The molecule has 1 atom stereocenters. The highest BCUT2D eigenvalue weighted by Gasteiger charge is 2.29. The summed E-state index contributed by atoms with van der Waals surface area (Å²) in [4.78, 5) is 26.2. The van der Waals surface area contributed by atoms with E-state index in [2.05, 4.69) is 5.32 Å². The van der Waals surface area contributed by atoms with Crippen LogP contribution < -0.4 is 5.32 Å². The Labute approximate surface area is 138 Å². The minimum absolute atomic E-state index is 0.00911. The largest absolute Gasteiger partial charge is 0.369 e. The van der Waals surface area contributed by atoms with Gasteiger partial charge >= 0.3 is 0 Å². The molecule has 23 heavy (non-hydrogen) atoms. The van der Waals surface area contributed by atoms with E-state index in [4.69, 9.17) is 4.74 Å². The molecule has 5 nitrogen and oxygen atoms in total. The first-order valence-electron chi connectivity index (χ1n) is 8.33. The van der Waals surface area contributed by atoms with E-state index in [1.165, 1.54) is 0 Å². The predicted octanol–water partition coefficient (Wildman–Crippen LogP) is 1.97. The molecule has 0 aliphatic carbocycles. The summed E-state index contributed by atoms with van der Waals surface area (Å²) >= 11 is 0. The monoisotopic (exact) mass is 318 g/mol. The number of likely N-dealkylation sites (tertiary alicyclic amines) is 1. The van der Waals surface area contributed by atoms with Gasteiger partial charge in [-0.1, -0.05) is 30.3 Å². The first-order valence-corrected chi connectivity index (χ1v) is 8.33. The van der Waals surface area contributed by atoms with Crippen LogP contribution in [0.15, 0.2) is 30.3 Å². The Kier molecular flexibility index (Phi) is 6.59. The molecule has 1 aromatic carbocycles. The number of rotatable bonds is 6. The van der Waals surface area contributed by atoms with Crippen molar-refractivity contribution in [2.75, 3.05) is 19.7 Å². The van der Waals surface area contributed by atoms with Gasteiger partial charge < -0.3 is 15.0 Å². The second kappa shape index (κ2) is 8.67. The van der Waals surface area contributed by atoms with Crippen LogP contribution in [0.25, 0.3) is 0 Å². The van der Waals surface area contributed by atoms with Gasteiger partial charge in [-0.25, -0.2) is 0 Å². The number of carbonyl (C=O) groups is 2. The molecule has 1 heterocycles. The van der Waals surface area contributed by atoms with Gasteiger partial charge in [0, 0.05) is 32.2 Å². The first-order chi connectivity index (χ1) is 11.1. The van der Waals surface area contributed by atoms with Crippen LogP contribution in [-0.2, 0) is 20.9 Å². The van der Waals surface area contributed by atoms with Gasteiger partial charge in [0.1, 0.15) is 6.10 Å². The first kappa shape index (κ1) is 17.5. The standard InChI is InChI=1S/C18H26N2O3/c1-3-23-14(2)18(22)20-11-9-16(10-12-20)17(21)19-13-15-7-5-4-6-8-15/h4-8,14,16H,3,9-13H2,1-2H3,(H,19,21)/t14-/m0/s1. The Morgan fingerprint density at radius 1 is 1.26 bits per heavy atom. The molecule has 5 heteroatoms. The van der Waals surface area contributed by atoms with E-state index in [0.29, 0.717) is 39.1 Å². The summed E-state index contributed by atoms with van der Waals surface area (Å²) in [6.07, 6.45) is 1.03. The van der Waals surface area contributed by atoms with E-state index in [-0.39, 0.29) is 17.7 Å². The van der Waals surface area contributed by atoms with Crippen LogP contribution in [0, 0.1) is 5.92 Å². The van der Waals surface area contributed by atoms with Gasteiger partial charge in [0.15, 0.2) is 0 Å². The quantitative estimate of drug-likeness (QED) is 0.872. The molecule has 2 rings (SSSR count). The fourth-order valence-electron chi connectivity index (χ4n) is 2.87. The maximum absolute atomic E-state index is 12.2. The molecule has 0 unspecified atom stereocenters. The topological polar surface area (TPSA) is 58.6 Å². The summed E-state index contributed by atoms with van der Waals surface area (Å²) in [5.74, 6) is 0.0963. The van der Waals surface area contributed by atoms with Gasteiger partial charge in [-0.15, -0.1) is 0 Å². The smallest absolute Gasteiger partial charge is 0.251 e. The molecule has 1 saturated heterocycles. The molecule has 1 N–H and O–H groups in total. The van der Waals surface area contributed by atoms with Crippen LogP contribution in [0.5, 0.6) is 0 Å². The fraction of sp³-hybridized carbons (Fsp3) is 0.556. The maximum Gasteiger partial charge on any atom is 0.251 e. The summed E-state index contributed by atoms with van der Waals surface area (Å²) in [6.45, 7) is 6.00. The molecule has 1 aliphatic rings. The van der Waals surface area contributed by atoms with E-state index in [1.54, 1.807) is 11.8 Å². The number of nitrogens with one attached hydrogen (secondary N) is 1. The molecule has 2 amide bonds. The Morgan fingerprint density at radius 2 is 1.91 bits per heavy atom. The number of benzene rings is 1. The molecular weight excluding hydrogens is 292 g/mol. The Balaban J connectivity index is 1.75. The number of ether oxygens (including phenoxy) is 1. The molecule has 126 valence electrons. The van der Waals surface area contributed by atoms with E-state index < -0.39 is 6.10 Å². The highest BCUT2D eigenvalue weighted by atomic mass is 16.5. The number of hydrogen-bond acceptors (Lipinski definition) is 3. The number of hydrogen-bond donors (Lipinski definition) is 1. The van der Waals surface area contributed by atoms with Crippen molar-refractivity contribution in [3.8, 4) is 0 Å². The summed E-state index contributed by atoms with van der Waals surface area (Å²) in [5, 5.41) is 2.99. The molecule has 1 aromatic rings. The number of carbonyl (C=O) groups excluding carboxylic acids is 2. The van der Waals surface area contributed by atoms with Crippen molar-refractivity contribution in [3.05, 3.63) is 35.9 Å². The minimum atomic E-state index is -0.400. The molecule has 0 radical (unpaired) electrons. The zero-order valence-corrected chi connectivity index (χ0v) is 14.0. The predicted molar refractivity (Wildman–Crippen MR) is 88.7 cm³/mol. The summed E-state index contributed by atoms with van der Waals surface area (Å²) in [5.41, 5.74) is 1.10. The van der Waals surface area contributed by atoms with Crippen molar-refractivity contribution >= 4 is 11.8 Å². The van der Waals surface area contributed by atoms with Gasteiger partial charge in [-0.05, 0) is 32.3 Å². The van der Waals surface area contributed by atoms with Gasteiger partial charge in [0.2, 0.25) is 5.91 Å². The van der Waals surface area contributed by atoms with Gasteiger partial charge in [0.05, 0.1) is 0 Å². The maximum atomic E-state index is 12.2. The van der Waals surface area contributed by atoms with E-state index >= 15 is 0 Å². The second-order valence-electron chi connectivity index (χ2n) is 5.90. The van der Waals surface area contributed by atoms with Crippen molar-refractivity contribution < 1.29 is 14.3 Å². The SMILES string of the molecule is CCO[C@@H](C)C(=O)N1CCC(C(=O)NCc2ccccc2)CC1. The molecule has 1 aliphatic heterocycles.